The van der Waals surface area contributed by atoms with Crippen LogP contribution in [0.2, 0.25) is 5.02 Å². The maximum absolute atomic E-state index is 13.5. The van der Waals surface area contributed by atoms with E-state index in [9.17, 15) is 22.3 Å². The zero-order valence-corrected chi connectivity index (χ0v) is 17.2. The van der Waals surface area contributed by atoms with Gasteiger partial charge in [0.15, 0.2) is 11.6 Å². The zero-order chi connectivity index (χ0) is 21.5. The van der Waals surface area contributed by atoms with Crippen LogP contribution < -0.4 is 0 Å². The molecule has 1 aromatic heterocycles. The third kappa shape index (κ3) is 3.98. The van der Waals surface area contributed by atoms with Crippen molar-refractivity contribution in [2.75, 3.05) is 13.1 Å². The molecule has 158 valence electrons. The van der Waals surface area contributed by atoms with Gasteiger partial charge in [-0.2, -0.15) is 4.31 Å². The van der Waals surface area contributed by atoms with Gasteiger partial charge in [0.2, 0.25) is 10.0 Å². The molecular formula is C20H18ClF2N3O3S. The van der Waals surface area contributed by atoms with E-state index in [-0.39, 0.29) is 23.0 Å². The highest BCUT2D eigenvalue weighted by Crippen LogP contribution is 2.32. The van der Waals surface area contributed by atoms with Crippen LogP contribution >= 0.6 is 11.6 Å². The molecule has 0 bridgehead atoms. The number of sulfonamides is 1. The molecule has 1 aliphatic heterocycles. The number of H-pyrrole nitrogens is 1. The summed E-state index contributed by atoms with van der Waals surface area (Å²) in [7, 11) is -3.84. The SMILES string of the molecule is O=S(=O)(c1cc(-c2cnc(-c3ccc(F)c(F)c3)[nH]2)ccc1Cl)N1CCC(O)CC1. The number of hydrogen-bond acceptors (Lipinski definition) is 4. The van der Waals surface area contributed by atoms with Crippen molar-refractivity contribution in [1.29, 1.82) is 0 Å². The number of aromatic nitrogens is 2. The average Bonchev–Trinajstić information content (AvgIpc) is 3.21. The molecule has 6 nitrogen and oxygen atoms in total. The Balaban J connectivity index is 1.67. The Bertz CT molecular complexity index is 1190. The summed E-state index contributed by atoms with van der Waals surface area (Å²) in [5.74, 6) is -1.63. The Morgan fingerprint density at radius 1 is 1.07 bits per heavy atom. The second-order valence-electron chi connectivity index (χ2n) is 7.05. The first-order valence-corrected chi connectivity index (χ1v) is 11.1. The predicted molar refractivity (Wildman–Crippen MR) is 108 cm³/mol. The largest absolute Gasteiger partial charge is 0.393 e. The number of piperidine rings is 1. The van der Waals surface area contributed by atoms with Crippen LogP contribution in [0.3, 0.4) is 0 Å². The molecule has 1 aliphatic rings. The summed E-state index contributed by atoms with van der Waals surface area (Å²) in [6.07, 6.45) is 1.72. The molecule has 10 heteroatoms. The van der Waals surface area contributed by atoms with E-state index >= 15 is 0 Å². The summed E-state index contributed by atoms with van der Waals surface area (Å²) >= 11 is 6.19. The summed E-state index contributed by atoms with van der Waals surface area (Å²) in [6.45, 7) is 0.433. The lowest BCUT2D eigenvalue weighted by molar-refractivity contribution is 0.113. The Labute approximate surface area is 177 Å². The van der Waals surface area contributed by atoms with Gasteiger partial charge in [-0.15, -0.1) is 0 Å². The van der Waals surface area contributed by atoms with E-state index in [0.29, 0.717) is 35.5 Å². The smallest absolute Gasteiger partial charge is 0.244 e. The first-order chi connectivity index (χ1) is 14.3. The van der Waals surface area contributed by atoms with Crippen LogP contribution in [0.25, 0.3) is 22.6 Å². The van der Waals surface area contributed by atoms with E-state index in [1.807, 2.05) is 0 Å². The third-order valence-electron chi connectivity index (χ3n) is 5.05. The highest BCUT2D eigenvalue weighted by Gasteiger charge is 2.30. The average molecular weight is 454 g/mol. The minimum atomic E-state index is -3.84. The van der Waals surface area contributed by atoms with Crippen LogP contribution in [0.1, 0.15) is 12.8 Å². The second-order valence-corrected chi connectivity index (χ2v) is 9.37. The molecule has 0 spiro atoms. The van der Waals surface area contributed by atoms with E-state index < -0.39 is 27.8 Å². The minimum absolute atomic E-state index is 0.0398. The molecule has 3 aromatic rings. The van der Waals surface area contributed by atoms with Gasteiger partial charge in [0.05, 0.1) is 23.0 Å². The minimum Gasteiger partial charge on any atom is -0.393 e. The van der Waals surface area contributed by atoms with Crippen molar-refractivity contribution in [2.24, 2.45) is 0 Å². The highest BCUT2D eigenvalue weighted by atomic mass is 35.5. The Kier molecular flexibility index (Phi) is 5.63. The van der Waals surface area contributed by atoms with Crippen molar-refractivity contribution >= 4 is 21.6 Å². The molecule has 0 radical (unpaired) electrons. The predicted octanol–water partition coefficient (Wildman–Crippen LogP) is 3.82. The number of aliphatic hydroxyl groups excluding tert-OH is 1. The van der Waals surface area contributed by atoms with Crippen molar-refractivity contribution in [3.05, 3.63) is 59.3 Å². The lowest BCUT2D eigenvalue weighted by atomic mass is 10.1. The Morgan fingerprint density at radius 2 is 1.77 bits per heavy atom. The summed E-state index contributed by atoms with van der Waals surface area (Å²) in [5, 5.41) is 9.72. The van der Waals surface area contributed by atoms with E-state index in [2.05, 4.69) is 9.97 Å². The first-order valence-electron chi connectivity index (χ1n) is 9.24. The normalized spacial score (nSPS) is 16.1. The van der Waals surface area contributed by atoms with Crippen LogP contribution in [0.5, 0.6) is 0 Å². The molecule has 1 fully saturated rings. The quantitative estimate of drug-likeness (QED) is 0.628. The number of imidazole rings is 1. The van der Waals surface area contributed by atoms with Gasteiger partial charge in [0.25, 0.3) is 0 Å². The number of rotatable bonds is 4. The molecule has 0 atom stereocenters. The van der Waals surface area contributed by atoms with Crippen molar-refractivity contribution in [3.8, 4) is 22.6 Å². The number of nitrogens with one attached hydrogen (secondary N) is 1. The number of halogens is 3. The van der Waals surface area contributed by atoms with Crippen molar-refractivity contribution in [2.45, 2.75) is 23.8 Å². The van der Waals surface area contributed by atoms with Crippen LogP contribution in [0.15, 0.2) is 47.5 Å². The number of hydrogen-bond donors (Lipinski definition) is 2. The van der Waals surface area contributed by atoms with E-state index in [0.717, 1.165) is 12.1 Å². The lowest BCUT2D eigenvalue weighted by Gasteiger charge is -2.29. The summed E-state index contributed by atoms with van der Waals surface area (Å²) in [5.41, 5.74) is 1.38. The summed E-state index contributed by atoms with van der Waals surface area (Å²) in [4.78, 5) is 7.13. The molecule has 0 amide bonds. The van der Waals surface area contributed by atoms with Gasteiger partial charge in [-0.1, -0.05) is 17.7 Å². The maximum Gasteiger partial charge on any atom is 0.244 e. The Morgan fingerprint density at radius 3 is 2.47 bits per heavy atom. The van der Waals surface area contributed by atoms with Gasteiger partial charge < -0.3 is 10.1 Å². The first kappa shape index (κ1) is 20.9. The summed E-state index contributed by atoms with van der Waals surface area (Å²) < 4.78 is 54.1. The van der Waals surface area contributed by atoms with Crippen LogP contribution in [-0.2, 0) is 10.0 Å². The Hall–Kier alpha value is -2.33. The maximum atomic E-state index is 13.5. The molecule has 0 saturated carbocycles. The number of benzene rings is 2. The molecule has 1 saturated heterocycles. The fraction of sp³-hybridized carbons (Fsp3) is 0.250. The van der Waals surface area contributed by atoms with Crippen molar-refractivity contribution < 1.29 is 22.3 Å². The fourth-order valence-electron chi connectivity index (χ4n) is 3.35. The molecule has 2 aromatic carbocycles. The zero-order valence-electron chi connectivity index (χ0n) is 15.6. The topological polar surface area (TPSA) is 86.3 Å². The number of aliphatic hydroxyl groups is 1. The molecule has 4 rings (SSSR count). The van der Waals surface area contributed by atoms with Gasteiger partial charge in [-0.25, -0.2) is 22.2 Å². The molecule has 2 heterocycles. The van der Waals surface area contributed by atoms with Crippen LogP contribution in [-0.4, -0.2) is 47.0 Å². The summed E-state index contributed by atoms with van der Waals surface area (Å²) in [6, 6.07) is 8.01. The standard InChI is InChI=1S/C20H18ClF2N3O3S/c21-15-3-1-12(10-19(15)30(28,29)26-7-5-14(27)6-8-26)18-11-24-20(25-18)13-2-4-16(22)17(23)9-13/h1-4,9-11,14,27H,5-8H2,(H,24,25). The third-order valence-corrected chi connectivity index (χ3v) is 7.43. The van der Waals surface area contributed by atoms with Crippen molar-refractivity contribution in [3.63, 3.8) is 0 Å². The molecule has 30 heavy (non-hydrogen) atoms. The van der Waals surface area contributed by atoms with Gasteiger partial charge >= 0.3 is 0 Å². The molecular weight excluding hydrogens is 436 g/mol. The molecule has 0 aliphatic carbocycles. The van der Waals surface area contributed by atoms with Crippen molar-refractivity contribution in [1.82, 2.24) is 14.3 Å². The van der Waals surface area contributed by atoms with Crippen LogP contribution in [0, 0.1) is 11.6 Å². The molecule has 0 unspecified atom stereocenters. The van der Waals surface area contributed by atoms with E-state index in [1.54, 1.807) is 6.07 Å². The number of nitrogens with zero attached hydrogens (tertiary/aromatic N) is 2. The fourth-order valence-corrected chi connectivity index (χ4v) is 5.32. The van der Waals surface area contributed by atoms with Crippen LogP contribution in [0.4, 0.5) is 8.78 Å². The van der Waals surface area contributed by atoms with Gasteiger partial charge in [0.1, 0.15) is 10.7 Å². The second kappa shape index (κ2) is 8.07. The highest BCUT2D eigenvalue weighted by molar-refractivity contribution is 7.89. The van der Waals surface area contributed by atoms with E-state index in [4.69, 9.17) is 11.6 Å². The van der Waals surface area contributed by atoms with Gasteiger partial charge in [-0.05, 0) is 43.2 Å². The van der Waals surface area contributed by atoms with Gasteiger partial charge in [0, 0.05) is 24.2 Å². The van der Waals surface area contributed by atoms with Gasteiger partial charge in [-0.3, -0.25) is 0 Å². The lowest BCUT2D eigenvalue weighted by Crippen LogP contribution is -2.40. The monoisotopic (exact) mass is 453 g/mol. The number of aromatic amines is 1. The molecule has 2 N–H and O–H groups in total. The van der Waals surface area contributed by atoms with E-state index in [1.165, 1.54) is 28.7 Å².